The lowest BCUT2D eigenvalue weighted by Crippen LogP contribution is -2.17. The topological polar surface area (TPSA) is 55.5 Å². The molecule has 0 aliphatic carbocycles. The molecule has 3 heteroatoms. The summed E-state index contributed by atoms with van der Waals surface area (Å²) in [6.45, 7) is 7.69. The fourth-order valence-corrected chi connectivity index (χ4v) is 1.91. The van der Waals surface area contributed by atoms with E-state index >= 15 is 0 Å². The number of Topliss-reactive ketones (excluding diaryl/α,β-unsaturated/α-hetero) is 1. The summed E-state index contributed by atoms with van der Waals surface area (Å²) in [5, 5.41) is 3.85. The van der Waals surface area contributed by atoms with Crippen LogP contribution in [0.25, 0.3) is 0 Å². The molecule has 0 saturated carbocycles. The van der Waals surface area contributed by atoms with Gasteiger partial charge in [-0.3, -0.25) is 0 Å². The molecule has 3 nitrogen and oxygen atoms in total. The van der Waals surface area contributed by atoms with Gasteiger partial charge in [0.05, 0.1) is 5.71 Å². The highest BCUT2D eigenvalue weighted by Crippen LogP contribution is 2.16. The number of nitrogens with zero attached hydrogens (tertiary/aromatic N) is 1. The van der Waals surface area contributed by atoms with Gasteiger partial charge in [0.15, 0.2) is 0 Å². The maximum atomic E-state index is 11.1. The highest BCUT2D eigenvalue weighted by atomic mass is 16.1. The molecule has 0 aliphatic heterocycles. The minimum Gasteiger partial charge on any atom is -0.323 e. The Balaban J connectivity index is 3.02. The van der Waals surface area contributed by atoms with E-state index in [1.54, 1.807) is 6.92 Å². The molecule has 1 aromatic rings. The van der Waals surface area contributed by atoms with Crippen molar-refractivity contribution in [3.05, 3.63) is 34.9 Å². The van der Waals surface area contributed by atoms with Crippen LogP contribution in [-0.2, 0) is 4.79 Å². The van der Waals surface area contributed by atoms with Crippen LogP contribution in [0.1, 0.15) is 37.0 Å². The van der Waals surface area contributed by atoms with Gasteiger partial charge in [0.25, 0.3) is 0 Å². The number of carbonyl (C=O) groups is 1. The smallest absolute Gasteiger partial charge is 0.130 e. The number of hydrogen-bond acceptors (Lipinski definition) is 3. The van der Waals surface area contributed by atoms with Crippen LogP contribution in [-0.4, -0.2) is 11.5 Å². The number of nitrogens with two attached hydrogens (primary N) is 1. The van der Waals surface area contributed by atoms with Crippen molar-refractivity contribution < 1.29 is 4.79 Å². The van der Waals surface area contributed by atoms with Crippen molar-refractivity contribution in [2.24, 2.45) is 16.9 Å². The molecule has 0 aliphatic rings. The maximum absolute atomic E-state index is 11.1. The Kier molecular flexibility index (Phi) is 4.44. The lowest BCUT2D eigenvalue weighted by Gasteiger charge is -2.13. The van der Waals surface area contributed by atoms with Crippen molar-refractivity contribution in [1.29, 1.82) is 0 Å². The largest absolute Gasteiger partial charge is 0.323 e. The molecule has 0 aromatic heterocycles. The molecule has 92 valence electrons. The average Bonchev–Trinajstić information content (AvgIpc) is 2.23. The molecule has 1 rings (SSSR count). The van der Waals surface area contributed by atoms with E-state index < -0.39 is 0 Å². The zero-order valence-corrected chi connectivity index (χ0v) is 10.9. The molecular formula is C14H20N2O. The van der Waals surface area contributed by atoms with Gasteiger partial charge < -0.3 is 10.6 Å². The summed E-state index contributed by atoms with van der Waals surface area (Å²) in [4.78, 5) is 11.1. The van der Waals surface area contributed by atoms with Gasteiger partial charge in [-0.15, -0.1) is 0 Å². The highest BCUT2D eigenvalue weighted by Gasteiger charge is 2.15. The first kappa shape index (κ1) is 13.4. The normalized spacial score (nSPS) is 13.5. The number of ketones is 1. The third kappa shape index (κ3) is 3.41. The van der Waals surface area contributed by atoms with Crippen molar-refractivity contribution in [3.63, 3.8) is 0 Å². The number of hydrogen-bond donors (Lipinski definition) is 1. The van der Waals surface area contributed by atoms with Crippen LogP contribution in [0, 0.1) is 19.8 Å². The van der Waals surface area contributed by atoms with Crippen molar-refractivity contribution in [3.8, 4) is 0 Å². The summed E-state index contributed by atoms with van der Waals surface area (Å²) < 4.78 is 0. The number of benzene rings is 1. The van der Waals surface area contributed by atoms with Gasteiger partial charge in [0.1, 0.15) is 5.78 Å². The van der Waals surface area contributed by atoms with Crippen molar-refractivity contribution >= 4 is 11.5 Å². The molecule has 0 spiro atoms. The van der Waals surface area contributed by atoms with E-state index in [9.17, 15) is 4.79 Å². The molecule has 0 amide bonds. The molecule has 17 heavy (non-hydrogen) atoms. The third-order valence-electron chi connectivity index (χ3n) is 3.00. The van der Waals surface area contributed by atoms with E-state index in [0.29, 0.717) is 6.42 Å². The first-order chi connectivity index (χ1) is 7.95. The number of hydrazone groups is 1. The van der Waals surface area contributed by atoms with Crippen LogP contribution in [0.2, 0.25) is 0 Å². The number of aryl methyl sites for hydroxylation is 2. The summed E-state index contributed by atoms with van der Waals surface area (Å²) in [5.74, 6) is 5.66. The monoisotopic (exact) mass is 232 g/mol. The van der Waals surface area contributed by atoms with Gasteiger partial charge in [-0.25, -0.2) is 0 Å². The van der Waals surface area contributed by atoms with Crippen LogP contribution in [0.15, 0.2) is 23.3 Å². The fraction of sp³-hybridized carbons (Fsp3) is 0.429. The molecule has 1 aromatic carbocycles. The van der Waals surface area contributed by atoms with Crippen LogP contribution < -0.4 is 5.84 Å². The summed E-state index contributed by atoms with van der Waals surface area (Å²) in [7, 11) is 0. The Morgan fingerprint density at radius 2 is 2.00 bits per heavy atom. The summed E-state index contributed by atoms with van der Waals surface area (Å²) in [5.41, 5.74) is 4.25. The number of rotatable bonds is 4. The zero-order chi connectivity index (χ0) is 13.0. The third-order valence-corrected chi connectivity index (χ3v) is 3.00. The summed E-state index contributed by atoms with van der Waals surface area (Å²) in [6.07, 6.45) is 0.475. The van der Waals surface area contributed by atoms with E-state index in [1.165, 1.54) is 11.1 Å². The Bertz CT molecular complexity index is 450. The Morgan fingerprint density at radius 1 is 1.35 bits per heavy atom. The van der Waals surface area contributed by atoms with Crippen molar-refractivity contribution in [1.82, 2.24) is 0 Å². The minimum atomic E-state index is 0.0552. The Hall–Kier alpha value is -1.64. The van der Waals surface area contributed by atoms with Gasteiger partial charge in [-0.2, -0.15) is 5.10 Å². The van der Waals surface area contributed by atoms with E-state index in [1.807, 2.05) is 13.0 Å². The molecule has 1 atom stereocenters. The zero-order valence-electron chi connectivity index (χ0n) is 10.9. The molecule has 0 fully saturated rings. The van der Waals surface area contributed by atoms with Crippen LogP contribution in [0.3, 0.4) is 0 Å². The van der Waals surface area contributed by atoms with E-state index in [4.69, 9.17) is 5.84 Å². The summed E-state index contributed by atoms with van der Waals surface area (Å²) >= 11 is 0. The van der Waals surface area contributed by atoms with Crippen molar-refractivity contribution in [2.75, 3.05) is 0 Å². The minimum absolute atomic E-state index is 0.0552. The highest BCUT2D eigenvalue weighted by molar-refractivity contribution is 6.03. The predicted octanol–water partition coefficient (Wildman–Crippen LogP) is 2.58. The molecule has 0 radical (unpaired) electrons. The van der Waals surface area contributed by atoms with Gasteiger partial charge in [0.2, 0.25) is 0 Å². The van der Waals surface area contributed by atoms with Gasteiger partial charge >= 0.3 is 0 Å². The summed E-state index contributed by atoms with van der Waals surface area (Å²) in [6, 6.07) is 6.12. The molecule has 0 bridgehead atoms. The quantitative estimate of drug-likeness (QED) is 0.493. The Morgan fingerprint density at radius 3 is 2.47 bits per heavy atom. The van der Waals surface area contributed by atoms with Crippen molar-refractivity contribution in [2.45, 2.75) is 34.1 Å². The average molecular weight is 232 g/mol. The second kappa shape index (κ2) is 5.62. The predicted molar refractivity (Wildman–Crippen MR) is 71.1 cm³/mol. The second-order valence-electron chi connectivity index (χ2n) is 4.62. The van der Waals surface area contributed by atoms with Gasteiger partial charge in [-0.1, -0.05) is 19.1 Å². The first-order valence-corrected chi connectivity index (χ1v) is 5.80. The molecule has 0 saturated heterocycles. The Labute approximate surface area is 103 Å². The SMILES string of the molecule is CC(=O)CC(C)/C(=N\N)c1ccc(C)c(C)c1. The molecular weight excluding hydrogens is 212 g/mol. The molecule has 0 heterocycles. The lowest BCUT2D eigenvalue weighted by atomic mass is 9.92. The first-order valence-electron chi connectivity index (χ1n) is 5.80. The van der Waals surface area contributed by atoms with E-state index in [0.717, 1.165) is 11.3 Å². The lowest BCUT2D eigenvalue weighted by molar-refractivity contribution is -0.117. The fourth-order valence-electron chi connectivity index (χ4n) is 1.91. The van der Waals surface area contributed by atoms with Crippen LogP contribution in [0.4, 0.5) is 0 Å². The maximum Gasteiger partial charge on any atom is 0.130 e. The van der Waals surface area contributed by atoms with Gasteiger partial charge in [-0.05, 0) is 43.5 Å². The van der Waals surface area contributed by atoms with E-state index in [-0.39, 0.29) is 11.7 Å². The van der Waals surface area contributed by atoms with Crippen LogP contribution >= 0.6 is 0 Å². The molecule has 2 N–H and O–H groups in total. The number of carbonyl (C=O) groups excluding carboxylic acids is 1. The second-order valence-corrected chi connectivity index (χ2v) is 4.62. The van der Waals surface area contributed by atoms with Gasteiger partial charge in [0, 0.05) is 12.3 Å². The molecule has 1 unspecified atom stereocenters. The standard InChI is InChI=1S/C14H20N2O/c1-9-5-6-13(8-10(9)2)14(16-15)11(3)7-12(4)17/h5-6,8,11H,7,15H2,1-4H3/b16-14+. The van der Waals surface area contributed by atoms with E-state index in [2.05, 4.69) is 31.1 Å². The van der Waals surface area contributed by atoms with Crippen LogP contribution in [0.5, 0.6) is 0 Å².